The van der Waals surface area contributed by atoms with Gasteiger partial charge in [-0.15, -0.1) is 0 Å². The molecule has 0 N–H and O–H groups in total. The molecule has 3 aromatic rings. The van der Waals surface area contributed by atoms with Crippen LogP contribution in [0.5, 0.6) is 11.6 Å². The molecular formula is C18H14FN3O. The minimum atomic E-state index is -0.391. The number of aromatic nitrogens is 2. The van der Waals surface area contributed by atoms with Crippen molar-refractivity contribution in [2.75, 3.05) is 0 Å². The van der Waals surface area contributed by atoms with Crippen LogP contribution in [0.15, 0.2) is 48.7 Å². The molecule has 0 aliphatic carbocycles. The molecule has 0 amide bonds. The van der Waals surface area contributed by atoms with E-state index >= 15 is 0 Å². The molecular weight excluding hydrogens is 293 g/mol. The monoisotopic (exact) mass is 307 g/mol. The Kier molecular flexibility index (Phi) is 4.15. The molecule has 2 aromatic heterocycles. The zero-order valence-corrected chi connectivity index (χ0v) is 12.5. The third kappa shape index (κ3) is 3.27. The molecule has 1 unspecified atom stereocenters. The number of nitrogens with zero attached hydrogens (tertiary/aromatic N) is 3. The van der Waals surface area contributed by atoms with Gasteiger partial charge < -0.3 is 4.74 Å². The van der Waals surface area contributed by atoms with Crippen molar-refractivity contribution in [1.29, 1.82) is 5.26 Å². The van der Waals surface area contributed by atoms with E-state index in [9.17, 15) is 4.39 Å². The minimum Gasteiger partial charge on any atom is -0.437 e. The lowest BCUT2D eigenvalue weighted by Crippen LogP contribution is -2.02. The fraction of sp³-hybridized carbons (Fsp3) is 0.167. The van der Waals surface area contributed by atoms with E-state index in [4.69, 9.17) is 10.00 Å². The molecule has 0 spiro atoms. The molecule has 0 aliphatic heterocycles. The van der Waals surface area contributed by atoms with Crippen molar-refractivity contribution in [2.24, 2.45) is 5.92 Å². The Labute approximate surface area is 133 Å². The number of pyridine rings is 2. The van der Waals surface area contributed by atoms with Gasteiger partial charge in [0.15, 0.2) is 5.75 Å². The third-order valence-electron chi connectivity index (χ3n) is 3.43. The molecule has 0 saturated heterocycles. The van der Waals surface area contributed by atoms with Crippen molar-refractivity contribution in [3.05, 3.63) is 60.2 Å². The largest absolute Gasteiger partial charge is 0.437 e. The number of halogens is 1. The number of hydrogen-bond acceptors (Lipinski definition) is 4. The summed E-state index contributed by atoms with van der Waals surface area (Å²) in [4.78, 5) is 8.49. The topological polar surface area (TPSA) is 58.8 Å². The van der Waals surface area contributed by atoms with Crippen LogP contribution in [0.4, 0.5) is 4.39 Å². The van der Waals surface area contributed by atoms with Gasteiger partial charge in [0.05, 0.1) is 11.8 Å². The molecule has 0 fully saturated rings. The predicted octanol–water partition coefficient (Wildman–Crippen LogP) is 4.26. The van der Waals surface area contributed by atoms with Crippen LogP contribution in [0.25, 0.3) is 10.9 Å². The lowest BCUT2D eigenvalue weighted by Gasteiger charge is -2.10. The standard InChI is InChI=1S/C18H14FN3O/c1-12(11-20)10-15-16(6-3-9-21-15)23-17-8-7-13-4-2-5-14(19)18(13)22-17/h2-9,12H,10H2,1H3. The molecule has 23 heavy (non-hydrogen) atoms. The number of benzene rings is 1. The van der Waals surface area contributed by atoms with Gasteiger partial charge in [-0.1, -0.05) is 12.1 Å². The second-order valence-electron chi connectivity index (χ2n) is 5.25. The quantitative estimate of drug-likeness (QED) is 0.722. The summed E-state index contributed by atoms with van der Waals surface area (Å²) in [7, 11) is 0. The van der Waals surface area contributed by atoms with Gasteiger partial charge in [-0.2, -0.15) is 5.26 Å². The maximum atomic E-state index is 13.8. The lowest BCUT2D eigenvalue weighted by atomic mass is 10.1. The van der Waals surface area contributed by atoms with Gasteiger partial charge in [0, 0.05) is 30.0 Å². The van der Waals surface area contributed by atoms with Gasteiger partial charge in [0.2, 0.25) is 5.88 Å². The van der Waals surface area contributed by atoms with Gasteiger partial charge >= 0.3 is 0 Å². The van der Waals surface area contributed by atoms with E-state index in [0.717, 1.165) is 0 Å². The molecule has 114 valence electrons. The molecule has 0 saturated carbocycles. The molecule has 0 aliphatic rings. The van der Waals surface area contributed by atoms with Crippen molar-refractivity contribution >= 4 is 10.9 Å². The number of rotatable bonds is 4. The smallest absolute Gasteiger partial charge is 0.219 e. The normalized spacial score (nSPS) is 11.9. The van der Waals surface area contributed by atoms with Gasteiger partial charge in [0.1, 0.15) is 11.3 Å². The van der Waals surface area contributed by atoms with E-state index < -0.39 is 5.82 Å². The maximum absolute atomic E-state index is 13.8. The highest BCUT2D eigenvalue weighted by molar-refractivity contribution is 5.79. The van der Waals surface area contributed by atoms with Crippen molar-refractivity contribution in [3.63, 3.8) is 0 Å². The molecule has 1 atom stereocenters. The van der Waals surface area contributed by atoms with E-state index in [1.54, 1.807) is 42.6 Å². The number of fused-ring (bicyclic) bond motifs is 1. The highest BCUT2D eigenvalue weighted by Gasteiger charge is 2.11. The predicted molar refractivity (Wildman–Crippen MR) is 84.5 cm³/mol. The summed E-state index contributed by atoms with van der Waals surface area (Å²) in [6.07, 6.45) is 2.13. The fourth-order valence-corrected chi connectivity index (χ4v) is 2.27. The second kappa shape index (κ2) is 6.41. The SMILES string of the molecule is CC(C#N)Cc1ncccc1Oc1ccc2cccc(F)c2n1. The molecule has 1 aromatic carbocycles. The molecule has 0 bridgehead atoms. The Morgan fingerprint density at radius 2 is 2.09 bits per heavy atom. The van der Waals surface area contributed by atoms with Gasteiger partial charge in [-0.25, -0.2) is 9.37 Å². The highest BCUT2D eigenvalue weighted by Crippen LogP contribution is 2.26. The summed E-state index contributed by atoms with van der Waals surface area (Å²) in [5.74, 6) is 0.256. The molecule has 3 rings (SSSR count). The van der Waals surface area contributed by atoms with Crippen LogP contribution in [-0.4, -0.2) is 9.97 Å². The molecule has 4 nitrogen and oxygen atoms in total. The summed E-state index contributed by atoms with van der Waals surface area (Å²) >= 11 is 0. The minimum absolute atomic E-state index is 0.172. The summed E-state index contributed by atoms with van der Waals surface area (Å²) in [5, 5.41) is 9.66. The third-order valence-corrected chi connectivity index (χ3v) is 3.43. The van der Waals surface area contributed by atoms with Crippen LogP contribution in [0.3, 0.4) is 0 Å². The van der Waals surface area contributed by atoms with Crippen molar-refractivity contribution in [2.45, 2.75) is 13.3 Å². The first-order valence-electron chi connectivity index (χ1n) is 7.24. The lowest BCUT2D eigenvalue weighted by molar-refractivity contribution is 0.452. The summed E-state index contributed by atoms with van der Waals surface area (Å²) in [6, 6.07) is 13.9. The first-order valence-corrected chi connectivity index (χ1v) is 7.24. The average molecular weight is 307 g/mol. The molecule has 5 heteroatoms. The summed E-state index contributed by atoms with van der Waals surface area (Å²) < 4.78 is 19.6. The van der Waals surface area contributed by atoms with E-state index in [2.05, 4.69) is 16.0 Å². The summed E-state index contributed by atoms with van der Waals surface area (Å²) in [6.45, 7) is 1.82. The zero-order valence-electron chi connectivity index (χ0n) is 12.5. The van der Waals surface area contributed by atoms with Crippen LogP contribution in [0.2, 0.25) is 0 Å². The maximum Gasteiger partial charge on any atom is 0.219 e. The van der Waals surface area contributed by atoms with Crippen LogP contribution in [0, 0.1) is 23.1 Å². The Morgan fingerprint density at radius 3 is 2.91 bits per heavy atom. The van der Waals surface area contributed by atoms with Gasteiger partial charge in [0.25, 0.3) is 0 Å². The molecule has 2 heterocycles. The first-order chi connectivity index (χ1) is 11.2. The van der Waals surface area contributed by atoms with Crippen molar-refractivity contribution in [1.82, 2.24) is 9.97 Å². The Bertz CT molecular complexity index is 889. The first kappa shape index (κ1) is 14.9. The Hall–Kier alpha value is -3.00. The fourth-order valence-electron chi connectivity index (χ4n) is 2.27. The van der Waals surface area contributed by atoms with E-state index in [0.29, 0.717) is 29.1 Å². The highest BCUT2D eigenvalue weighted by atomic mass is 19.1. The number of nitriles is 1. The van der Waals surface area contributed by atoms with Crippen LogP contribution in [-0.2, 0) is 6.42 Å². The van der Waals surface area contributed by atoms with E-state index in [1.807, 2.05) is 6.92 Å². The number of para-hydroxylation sites is 1. The molecule has 0 radical (unpaired) electrons. The average Bonchev–Trinajstić information content (AvgIpc) is 2.57. The van der Waals surface area contributed by atoms with Crippen LogP contribution < -0.4 is 4.74 Å². The Balaban J connectivity index is 1.93. The van der Waals surface area contributed by atoms with E-state index in [-0.39, 0.29) is 11.4 Å². The van der Waals surface area contributed by atoms with Crippen molar-refractivity contribution in [3.8, 4) is 17.7 Å². The van der Waals surface area contributed by atoms with Crippen molar-refractivity contribution < 1.29 is 9.13 Å². The van der Waals surface area contributed by atoms with Gasteiger partial charge in [-0.3, -0.25) is 4.98 Å². The zero-order chi connectivity index (χ0) is 16.2. The van der Waals surface area contributed by atoms with E-state index in [1.165, 1.54) is 6.07 Å². The summed E-state index contributed by atoms with van der Waals surface area (Å²) in [5.41, 5.74) is 0.942. The number of hydrogen-bond donors (Lipinski definition) is 0. The van der Waals surface area contributed by atoms with Gasteiger partial charge in [-0.05, 0) is 31.2 Å². The number of ether oxygens (including phenoxy) is 1. The Morgan fingerprint density at radius 1 is 1.22 bits per heavy atom. The van der Waals surface area contributed by atoms with Crippen LogP contribution in [0.1, 0.15) is 12.6 Å². The second-order valence-corrected chi connectivity index (χ2v) is 5.25. The van der Waals surface area contributed by atoms with Crippen LogP contribution >= 0.6 is 0 Å².